The largest absolute Gasteiger partial charge is 0.466 e. The van der Waals surface area contributed by atoms with Crippen molar-refractivity contribution in [2.75, 3.05) is 40.1 Å². The van der Waals surface area contributed by atoms with E-state index in [2.05, 4.69) is 29.4 Å². The van der Waals surface area contributed by atoms with Gasteiger partial charge in [0, 0.05) is 26.8 Å². The lowest BCUT2D eigenvalue weighted by atomic mass is 10.2. The van der Waals surface area contributed by atoms with Gasteiger partial charge in [0.05, 0.1) is 13.2 Å². The number of hydrogen-bond donors (Lipinski definition) is 1. The first-order valence-corrected chi connectivity index (χ1v) is 7.26. The second-order valence-corrected chi connectivity index (χ2v) is 5.47. The normalized spacial score (nSPS) is 11.2. The van der Waals surface area contributed by atoms with E-state index in [1.54, 1.807) is 7.11 Å². The molecule has 0 amide bonds. The molecule has 6 nitrogen and oxygen atoms in total. The predicted octanol–water partition coefficient (Wildman–Crippen LogP) is 1.33. The number of aromatic nitrogens is 2. The molecule has 0 aliphatic heterocycles. The minimum Gasteiger partial charge on any atom is -0.466 e. The van der Waals surface area contributed by atoms with Crippen molar-refractivity contribution in [2.24, 2.45) is 5.92 Å². The molecule has 0 aliphatic carbocycles. The zero-order valence-corrected chi connectivity index (χ0v) is 12.7. The molecule has 7 heteroatoms. The van der Waals surface area contributed by atoms with Gasteiger partial charge in [0.2, 0.25) is 0 Å². The van der Waals surface area contributed by atoms with E-state index in [1.807, 2.05) is 0 Å². The van der Waals surface area contributed by atoms with Crippen molar-refractivity contribution in [3.05, 3.63) is 5.01 Å². The van der Waals surface area contributed by atoms with E-state index in [-0.39, 0.29) is 0 Å². The van der Waals surface area contributed by atoms with Gasteiger partial charge in [-0.3, -0.25) is 0 Å². The van der Waals surface area contributed by atoms with Crippen molar-refractivity contribution in [2.45, 2.75) is 20.4 Å². The molecule has 19 heavy (non-hydrogen) atoms. The van der Waals surface area contributed by atoms with Crippen molar-refractivity contribution in [1.82, 2.24) is 15.5 Å². The maximum atomic E-state index is 5.46. The van der Waals surface area contributed by atoms with E-state index in [0.717, 1.165) is 18.2 Å². The minimum absolute atomic E-state index is 0.512. The van der Waals surface area contributed by atoms with E-state index in [9.17, 15) is 0 Å². The molecule has 110 valence electrons. The molecule has 1 aromatic rings. The second kappa shape index (κ2) is 10.1. The third-order valence-corrected chi connectivity index (χ3v) is 2.95. The Balaban J connectivity index is 2.09. The molecule has 0 atom stereocenters. The van der Waals surface area contributed by atoms with Crippen LogP contribution in [0.3, 0.4) is 0 Å². The summed E-state index contributed by atoms with van der Waals surface area (Å²) >= 11 is 1.45. The Labute approximate surface area is 118 Å². The summed E-state index contributed by atoms with van der Waals surface area (Å²) in [4.78, 5) is 0. The Bertz CT molecular complexity index is 334. The van der Waals surface area contributed by atoms with Crippen LogP contribution in [0.25, 0.3) is 0 Å². The van der Waals surface area contributed by atoms with Crippen LogP contribution >= 0.6 is 11.3 Å². The molecule has 1 N–H and O–H groups in total. The number of methoxy groups -OCH3 is 1. The summed E-state index contributed by atoms with van der Waals surface area (Å²) < 4.78 is 15.8. The third kappa shape index (κ3) is 8.10. The molecule has 0 aromatic carbocycles. The van der Waals surface area contributed by atoms with Crippen molar-refractivity contribution in [3.63, 3.8) is 0 Å². The van der Waals surface area contributed by atoms with Gasteiger partial charge in [-0.25, -0.2) is 0 Å². The molecule has 1 heterocycles. The zero-order valence-electron chi connectivity index (χ0n) is 11.8. The molecule has 0 fully saturated rings. The molecule has 0 saturated heterocycles. The van der Waals surface area contributed by atoms with Gasteiger partial charge in [-0.05, 0) is 5.92 Å². The average molecular weight is 289 g/mol. The highest BCUT2D eigenvalue weighted by atomic mass is 32.1. The van der Waals surface area contributed by atoms with Gasteiger partial charge < -0.3 is 19.5 Å². The first-order valence-electron chi connectivity index (χ1n) is 6.45. The van der Waals surface area contributed by atoms with Crippen molar-refractivity contribution < 1.29 is 14.2 Å². The highest BCUT2D eigenvalue weighted by Crippen LogP contribution is 2.17. The Morgan fingerprint density at radius 1 is 1.21 bits per heavy atom. The Hall–Kier alpha value is -0.760. The molecule has 1 aromatic heterocycles. The van der Waals surface area contributed by atoms with E-state index in [0.29, 0.717) is 37.5 Å². The Morgan fingerprint density at radius 2 is 2.05 bits per heavy atom. The molecule has 0 aliphatic rings. The molecule has 0 unspecified atom stereocenters. The highest BCUT2D eigenvalue weighted by molar-refractivity contribution is 7.13. The van der Waals surface area contributed by atoms with Gasteiger partial charge in [0.25, 0.3) is 5.19 Å². The van der Waals surface area contributed by atoms with Crippen LogP contribution in [-0.2, 0) is 16.0 Å². The van der Waals surface area contributed by atoms with Gasteiger partial charge in [-0.1, -0.05) is 25.2 Å². The summed E-state index contributed by atoms with van der Waals surface area (Å²) in [6.07, 6.45) is 0. The summed E-state index contributed by atoms with van der Waals surface area (Å²) in [5.74, 6) is 0.548. The lowest BCUT2D eigenvalue weighted by Crippen LogP contribution is -2.18. The van der Waals surface area contributed by atoms with Gasteiger partial charge in [-0.2, -0.15) is 0 Å². The molecular weight excluding hydrogens is 266 g/mol. The number of hydrogen-bond acceptors (Lipinski definition) is 7. The van der Waals surface area contributed by atoms with Crippen LogP contribution in [0.1, 0.15) is 18.9 Å². The van der Waals surface area contributed by atoms with Crippen LogP contribution in [0.5, 0.6) is 5.19 Å². The molecule has 0 spiro atoms. The van der Waals surface area contributed by atoms with Crippen LogP contribution in [0.2, 0.25) is 0 Å². The van der Waals surface area contributed by atoms with Crippen molar-refractivity contribution >= 4 is 11.3 Å². The Morgan fingerprint density at radius 3 is 2.79 bits per heavy atom. The molecule has 1 rings (SSSR count). The summed E-state index contributed by atoms with van der Waals surface area (Å²) in [5.41, 5.74) is 0. The monoisotopic (exact) mass is 289 g/mol. The third-order valence-electron chi connectivity index (χ3n) is 2.11. The smallest absolute Gasteiger partial charge is 0.294 e. The zero-order chi connectivity index (χ0) is 13.9. The lowest BCUT2D eigenvalue weighted by Gasteiger charge is -2.06. The summed E-state index contributed by atoms with van der Waals surface area (Å²) in [6, 6.07) is 0. The molecule has 0 radical (unpaired) electrons. The summed E-state index contributed by atoms with van der Waals surface area (Å²) in [7, 11) is 1.68. The molecule has 0 saturated carbocycles. The van der Waals surface area contributed by atoms with Crippen LogP contribution in [0, 0.1) is 5.92 Å². The Kier molecular flexibility index (Phi) is 8.64. The SMILES string of the molecule is COCCNCc1nnc(OCCOCC(C)C)s1. The first kappa shape index (κ1) is 16.3. The maximum Gasteiger partial charge on any atom is 0.294 e. The minimum atomic E-state index is 0.512. The maximum absolute atomic E-state index is 5.46. The first-order chi connectivity index (χ1) is 9.22. The van der Waals surface area contributed by atoms with Crippen molar-refractivity contribution in [1.29, 1.82) is 0 Å². The number of rotatable bonds is 11. The quantitative estimate of drug-likeness (QED) is 0.620. The second-order valence-electron chi connectivity index (χ2n) is 4.45. The number of nitrogens with zero attached hydrogens (tertiary/aromatic N) is 2. The summed E-state index contributed by atoms with van der Waals surface area (Å²) in [6.45, 7) is 8.27. The van der Waals surface area contributed by atoms with E-state index in [4.69, 9.17) is 14.2 Å². The fraction of sp³-hybridized carbons (Fsp3) is 0.833. The fourth-order valence-corrected chi connectivity index (χ4v) is 1.93. The lowest BCUT2D eigenvalue weighted by molar-refractivity contribution is 0.0816. The fourth-order valence-electron chi connectivity index (χ4n) is 1.24. The van der Waals surface area contributed by atoms with Crippen LogP contribution < -0.4 is 10.1 Å². The van der Waals surface area contributed by atoms with Gasteiger partial charge in [0.15, 0.2) is 0 Å². The van der Waals surface area contributed by atoms with Gasteiger partial charge in [-0.15, -0.1) is 10.2 Å². The molecular formula is C12H23N3O3S. The molecule has 0 bridgehead atoms. The summed E-state index contributed by atoms with van der Waals surface area (Å²) in [5, 5.41) is 12.7. The standard InChI is InChI=1S/C12H23N3O3S/c1-10(2)9-17-6-7-18-12-15-14-11(19-12)8-13-4-5-16-3/h10,13H,4-9H2,1-3H3. The van der Waals surface area contributed by atoms with E-state index < -0.39 is 0 Å². The van der Waals surface area contributed by atoms with E-state index >= 15 is 0 Å². The van der Waals surface area contributed by atoms with E-state index in [1.165, 1.54) is 11.3 Å². The van der Waals surface area contributed by atoms with Crippen molar-refractivity contribution in [3.8, 4) is 5.19 Å². The highest BCUT2D eigenvalue weighted by Gasteiger charge is 2.04. The number of ether oxygens (including phenoxy) is 3. The topological polar surface area (TPSA) is 65.5 Å². The van der Waals surface area contributed by atoms with Crippen LogP contribution in [0.4, 0.5) is 0 Å². The number of nitrogens with one attached hydrogen (secondary N) is 1. The van der Waals surface area contributed by atoms with Gasteiger partial charge >= 0.3 is 0 Å². The predicted molar refractivity (Wildman–Crippen MR) is 74.6 cm³/mol. The average Bonchev–Trinajstić information content (AvgIpc) is 2.82. The van der Waals surface area contributed by atoms with Gasteiger partial charge in [0.1, 0.15) is 11.6 Å². The van der Waals surface area contributed by atoms with Crippen LogP contribution in [0.15, 0.2) is 0 Å². The van der Waals surface area contributed by atoms with Crippen LogP contribution in [-0.4, -0.2) is 50.3 Å².